The van der Waals surface area contributed by atoms with E-state index in [1.165, 1.54) is 18.2 Å². The average molecular weight is 300 g/mol. The van der Waals surface area contributed by atoms with E-state index in [0.29, 0.717) is 16.9 Å². The third kappa shape index (κ3) is 4.15. The van der Waals surface area contributed by atoms with Crippen LogP contribution < -0.4 is 10.6 Å². The molecule has 2 aromatic carbocycles. The molecule has 0 unspecified atom stereocenters. The molecule has 22 heavy (non-hydrogen) atoms. The molecular weight excluding hydrogens is 283 g/mol. The second kappa shape index (κ2) is 6.85. The van der Waals surface area contributed by atoms with Gasteiger partial charge in [-0.05, 0) is 36.4 Å². The number of anilines is 2. The summed E-state index contributed by atoms with van der Waals surface area (Å²) in [4.78, 5) is 23.8. The maximum Gasteiger partial charge on any atom is 0.255 e. The molecule has 2 aromatic rings. The van der Waals surface area contributed by atoms with Gasteiger partial charge >= 0.3 is 0 Å². The highest BCUT2D eigenvalue weighted by Crippen LogP contribution is 2.15. The maximum atomic E-state index is 13.1. The minimum absolute atomic E-state index is 0.123. The summed E-state index contributed by atoms with van der Waals surface area (Å²) in [6, 6.07) is 12.2. The predicted octanol–water partition coefficient (Wildman–Crippen LogP) is 3.67. The number of carbonyl (C=O) groups is 2. The number of benzene rings is 2. The lowest BCUT2D eigenvalue weighted by Crippen LogP contribution is -2.18. The third-order valence-electron chi connectivity index (χ3n) is 3.00. The highest BCUT2D eigenvalue weighted by atomic mass is 19.1. The van der Waals surface area contributed by atoms with E-state index in [0.717, 1.165) is 0 Å². The molecule has 0 saturated carbocycles. The zero-order valence-electron chi connectivity index (χ0n) is 12.4. The monoisotopic (exact) mass is 300 g/mol. The van der Waals surface area contributed by atoms with Crippen molar-refractivity contribution in [1.82, 2.24) is 0 Å². The minimum atomic E-state index is -0.421. The fourth-order valence-electron chi connectivity index (χ4n) is 1.79. The van der Waals surface area contributed by atoms with Gasteiger partial charge in [-0.3, -0.25) is 9.59 Å². The predicted molar refractivity (Wildman–Crippen MR) is 84.3 cm³/mol. The van der Waals surface area contributed by atoms with E-state index in [4.69, 9.17) is 0 Å². The van der Waals surface area contributed by atoms with Gasteiger partial charge in [-0.15, -0.1) is 0 Å². The molecule has 0 saturated heterocycles. The average Bonchev–Trinajstić information content (AvgIpc) is 2.47. The smallest absolute Gasteiger partial charge is 0.255 e. The van der Waals surface area contributed by atoms with Gasteiger partial charge in [0, 0.05) is 22.9 Å². The number of halogens is 1. The Hall–Kier alpha value is -2.69. The molecule has 0 fully saturated rings. The zero-order valence-corrected chi connectivity index (χ0v) is 12.4. The van der Waals surface area contributed by atoms with Crippen LogP contribution in [0.25, 0.3) is 0 Å². The molecule has 0 spiro atoms. The van der Waals surface area contributed by atoms with Crippen molar-refractivity contribution in [1.29, 1.82) is 0 Å². The van der Waals surface area contributed by atoms with E-state index in [1.54, 1.807) is 44.2 Å². The standard InChI is InChI=1S/C17H17FN2O2/c1-11(2)16(21)19-14-7-3-5-12(9-14)17(22)20-15-8-4-6-13(18)10-15/h3-11H,1-2H3,(H,19,21)(H,20,22). The Morgan fingerprint density at radius 1 is 0.955 bits per heavy atom. The molecule has 0 atom stereocenters. The summed E-state index contributed by atoms with van der Waals surface area (Å²) >= 11 is 0. The van der Waals surface area contributed by atoms with E-state index >= 15 is 0 Å². The SMILES string of the molecule is CC(C)C(=O)Nc1cccc(C(=O)Nc2cccc(F)c2)c1. The lowest BCUT2D eigenvalue weighted by molar-refractivity contribution is -0.118. The van der Waals surface area contributed by atoms with E-state index in [9.17, 15) is 14.0 Å². The molecule has 5 heteroatoms. The molecule has 0 bridgehead atoms. The molecule has 0 radical (unpaired) electrons. The Morgan fingerprint density at radius 2 is 1.59 bits per heavy atom. The summed E-state index contributed by atoms with van der Waals surface area (Å²) in [5, 5.41) is 5.34. The first kappa shape index (κ1) is 15.7. The fraction of sp³-hybridized carbons (Fsp3) is 0.176. The second-order valence-corrected chi connectivity index (χ2v) is 5.19. The lowest BCUT2D eigenvalue weighted by Gasteiger charge is -2.10. The molecule has 0 heterocycles. The van der Waals surface area contributed by atoms with E-state index < -0.39 is 5.82 Å². The first-order chi connectivity index (χ1) is 10.5. The van der Waals surface area contributed by atoms with Crippen LogP contribution in [0.5, 0.6) is 0 Å². The van der Waals surface area contributed by atoms with Crippen LogP contribution in [-0.4, -0.2) is 11.8 Å². The molecule has 2 amide bonds. The van der Waals surface area contributed by atoms with Gasteiger partial charge in [-0.2, -0.15) is 0 Å². The van der Waals surface area contributed by atoms with Crippen LogP contribution in [0.3, 0.4) is 0 Å². The summed E-state index contributed by atoms with van der Waals surface area (Å²) in [5.74, 6) is -1.06. The highest BCUT2D eigenvalue weighted by molar-refractivity contribution is 6.05. The Morgan fingerprint density at radius 3 is 2.23 bits per heavy atom. The number of amides is 2. The first-order valence-electron chi connectivity index (χ1n) is 6.93. The number of rotatable bonds is 4. The zero-order chi connectivity index (χ0) is 16.1. The van der Waals surface area contributed by atoms with Crippen LogP contribution in [0.4, 0.5) is 15.8 Å². The molecule has 114 valence electrons. The highest BCUT2D eigenvalue weighted by Gasteiger charge is 2.10. The Bertz CT molecular complexity index is 699. The number of carbonyl (C=O) groups excluding carboxylic acids is 2. The summed E-state index contributed by atoms with van der Waals surface area (Å²) in [7, 11) is 0. The van der Waals surface area contributed by atoms with Gasteiger partial charge in [0.2, 0.25) is 5.91 Å². The summed E-state index contributed by atoms with van der Waals surface area (Å²) in [6.07, 6.45) is 0. The van der Waals surface area contributed by atoms with Crippen molar-refractivity contribution in [2.75, 3.05) is 10.6 Å². The Labute approximate surface area is 128 Å². The first-order valence-corrected chi connectivity index (χ1v) is 6.93. The minimum Gasteiger partial charge on any atom is -0.326 e. The molecule has 0 aliphatic heterocycles. The summed E-state index contributed by atoms with van der Waals surface area (Å²) in [5.41, 5.74) is 1.30. The van der Waals surface area contributed by atoms with Crippen molar-refractivity contribution >= 4 is 23.2 Å². The number of hydrogen-bond acceptors (Lipinski definition) is 2. The van der Waals surface area contributed by atoms with Gasteiger partial charge in [0.1, 0.15) is 5.82 Å². The van der Waals surface area contributed by atoms with Crippen LogP contribution in [-0.2, 0) is 4.79 Å². The number of nitrogens with one attached hydrogen (secondary N) is 2. The van der Waals surface area contributed by atoms with Crippen molar-refractivity contribution in [2.24, 2.45) is 5.92 Å². The van der Waals surface area contributed by atoms with E-state index in [2.05, 4.69) is 10.6 Å². The second-order valence-electron chi connectivity index (χ2n) is 5.19. The molecular formula is C17H17FN2O2. The van der Waals surface area contributed by atoms with Crippen LogP contribution in [0.15, 0.2) is 48.5 Å². The molecule has 0 aliphatic rings. The van der Waals surface area contributed by atoms with Crippen molar-refractivity contribution < 1.29 is 14.0 Å². The van der Waals surface area contributed by atoms with Crippen molar-refractivity contribution in [3.05, 3.63) is 59.9 Å². The van der Waals surface area contributed by atoms with Crippen LogP contribution >= 0.6 is 0 Å². The summed E-state index contributed by atoms with van der Waals surface area (Å²) < 4.78 is 13.1. The van der Waals surface area contributed by atoms with E-state index in [-0.39, 0.29) is 17.7 Å². The topological polar surface area (TPSA) is 58.2 Å². The molecule has 0 aromatic heterocycles. The normalized spacial score (nSPS) is 10.4. The Balaban J connectivity index is 2.11. The van der Waals surface area contributed by atoms with Crippen molar-refractivity contribution in [3.63, 3.8) is 0 Å². The van der Waals surface area contributed by atoms with Crippen molar-refractivity contribution in [2.45, 2.75) is 13.8 Å². The fourth-order valence-corrected chi connectivity index (χ4v) is 1.79. The van der Waals surface area contributed by atoms with Gasteiger partial charge in [0.15, 0.2) is 0 Å². The maximum absolute atomic E-state index is 13.1. The van der Waals surface area contributed by atoms with Crippen molar-refractivity contribution in [3.8, 4) is 0 Å². The quantitative estimate of drug-likeness (QED) is 0.905. The summed E-state index contributed by atoms with van der Waals surface area (Å²) in [6.45, 7) is 3.58. The molecule has 4 nitrogen and oxygen atoms in total. The van der Waals surface area contributed by atoms with Gasteiger partial charge < -0.3 is 10.6 Å². The molecule has 2 rings (SSSR count). The van der Waals surface area contributed by atoms with E-state index in [1.807, 2.05) is 0 Å². The lowest BCUT2D eigenvalue weighted by atomic mass is 10.1. The van der Waals surface area contributed by atoms with Gasteiger partial charge in [0.05, 0.1) is 0 Å². The molecule has 0 aliphatic carbocycles. The number of hydrogen-bond donors (Lipinski definition) is 2. The van der Waals surface area contributed by atoms with Gasteiger partial charge in [0.25, 0.3) is 5.91 Å². The van der Waals surface area contributed by atoms with Crippen LogP contribution in [0.1, 0.15) is 24.2 Å². The van der Waals surface area contributed by atoms with Crippen LogP contribution in [0, 0.1) is 11.7 Å². The third-order valence-corrected chi connectivity index (χ3v) is 3.00. The Kier molecular flexibility index (Phi) is 4.88. The van der Waals surface area contributed by atoms with Crippen LogP contribution in [0.2, 0.25) is 0 Å². The van der Waals surface area contributed by atoms with Gasteiger partial charge in [-0.1, -0.05) is 26.0 Å². The van der Waals surface area contributed by atoms with Gasteiger partial charge in [-0.25, -0.2) is 4.39 Å². The largest absolute Gasteiger partial charge is 0.326 e. The molecule has 2 N–H and O–H groups in total.